The van der Waals surface area contributed by atoms with Crippen LogP contribution in [0.4, 0.5) is 0 Å². The van der Waals surface area contributed by atoms with Crippen LogP contribution in [0.15, 0.2) is 30.3 Å². The van der Waals surface area contributed by atoms with E-state index in [0.717, 1.165) is 5.56 Å². The highest BCUT2D eigenvalue weighted by molar-refractivity contribution is 7.98. The van der Waals surface area contributed by atoms with Crippen LogP contribution in [0.3, 0.4) is 0 Å². The zero-order chi connectivity index (χ0) is 30.4. The smallest absolute Gasteiger partial charge is 0.426 e. The van der Waals surface area contributed by atoms with Crippen molar-refractivity contribution < 1.29 is 29.2 Å². The number of benzene rings is 1. The molecule has 13 heteroatoms. The molecule has 1 aromatic carbocycles. The summed E-state index contributed by atoms with van der Waals surface area (Å²) in [4.78, 5) is 51.9. The lowest BCUT2D eigenvalue weighted by Gasteiger charge is -2.27. The Bertz CT molecular complexity index is 945. The van der Waals surface area contributed by atoms with E-state index in [2.05, 4.69) is 21.3 Å². The van der Waals surface area contributed by atoms with Crippen LogP contribution in [0.25, 0.3) is 0 Å². The first-order valence-corrected chi connectivity index (χ1v) is 15.0. The molecule has 0 spiro atoms. The molecule has 0 bridgehead atoms. The van der Waals surface area contributed by atoms with Crippen molar-refractivity contribution in [2.45, 2.75) is 84.0 Å². The summed E-state index contributed by atoms with van der Waals surface area (Å²) >= 11 is 1.57. The summed E-state index contributed by atoms with van der Waals surface area (Å²) in [5.41, 5.74) is 6.82. The Labute approximate surface area is 242 Å². The average Bonchev–Trinajstić information content (AvgIpc) is 2.88. The Morgan fingerprint density at radius 1 is 0.850 bits per heavy atom. The quantitative estimate of drug-likeness (QED) is 0.126. The molecular weight excluding hydrogens is 533 g/mol. The van der Waals surface area contributed by atoms with Gasteiger partial charge in [0, 0.05) is 6.42 Å². The summed E-state index contributed by atoms with van der Waals surface area (Å²) in [6.07, 6.45) is 2.86. The molecule has 5 atom stereocenters. The van der Waals surface area contributed by atoms with E-state index in [4.69, 9.17) is 5.73 Å². The van der Waals surface area contributed by atoms with Crippen LogP contribution in [-0.2, 0) is 25.6 Å². The lowest BCUT2D eigenvalue weighted by Crippen LogP contribution is -2.59. The molecule has 0 aromatic heterocycles. The minimum Gasteiger partial charge on any atom is -0.426 e. The molecule has 0 radical (unpaired) electrons. The van der Waals surface area contributed by atoms with Gasteiger partial charge in [-0.15, -0.1) is 0 Å². The maximum atomic E-state index is 13.2. The van der Waals surface area contributed by atoms with E-state index in [0.29, 0.717) is 18.6 Å². The second-order valence-electron chi connectivity index (χ2n) is 10.8. The van der Waals surface area contributed by atoms with E-state index in [1.165, 1.54) is 6.92 Å². The molecule has 0 saturated carbocycles. The van der Waals surface area contributed by atoms with Gasteiger partial charge in [-0.25, -0.2) is 0 Å². The van der Waals surface area contributed by atoms with E-state index >= 15 is 0 Å². The van der Waals surface area contributed by atoms with Crippen molar-refractivity contribution in [1.82, 2.24) is 21.3 Å². The van der Waals surface area contributed by atoms with Crippen molar-refractivity contribution in [2.24, 2.45) is 17.6 Å². The van der Waals surface area contributed by atoms with Gasteiger partial charge in [0.1, 0.15) is 18.1 Å². The van der Waals surface area contributed by atoms with Crippen molar-refractivity contribution in [1.29, 1.82) is 0 Å². The molecule has 0 fully saturated rings. The van der Waals surface area contributed by atoms with Gasteiger partial charge in [0.25, 0.3) is 0 Å². The fraction of sp³-hybridized carbons (Fsp3) is 0.630. The van der Waals surface area contributed by atoms with E-state index < -0.39 is 60.9 Å². The Kier molecular flexibility index (Phi) is 15.9. The van der Waals surface area contributed by atoms with Crippen molar-refractivity contribution in [2.75, 3.05) is 12.0 Å². The van der Waals surface area contributed by atoms with E-state index in [-0.39, 0.29) is 18.3 Å². The van der Waals surface area contributed by atoms with Gasteiger partial charge >= 0.3 is 7.12 Å². The monoisotopic (exact) mass is 579 g/mol. The summed E-state index contributed by atoms with van der Waals surface area (Å²) in [6, 6.07) is 5.42. The standard InChI is InChI=1S/C27H46BN5O6S/c1-16(2)14-21(27(37)33-23(17(3)4)28(38)39)31-24(34)18(5)30-26(36)22(15-19-10-8-7-9-11-19)32-25(35)20(29)12-13-40-6/h7-11,16-18,20-23,38-39H,12-15,29H2,1-6H3,(H,30,36)(H,31,34)(H,32,35)(H,33,37)/t18-,20-,21-,22-,23-/m0/s1. The second kappa shape index (κ2) is 18.0. The molecular formula is C27H46BN5O6S. The van der Waals surface area contributed by atoms with Crippen molar-refractivity contribution in [3.8, 4) is 0 Å². The third kappa shape index (κ3) is 12.7. The molecule has 11 nitrogen and oxygen atoms in total. The third-order valence-corrected chi connectivity index (χ3v) is 6.97. The number of hydrogen-bond acceptors (Lipinski definition) is 8. The van der Waals surface area contributed by atoms with Crippen LogP contribution in [-0.4, -0.2) is 82.9 Å². The number of rotatable bonds is 17. The highest BCUT2D eigenvalue weighted by Crippen LogP contribution is 2.10. The first-order chi connectivity index (χ1) is 18.8. The van der Waals surface area contributed by atoms with Gasteiger partial charge in [0.15, 0.2) is 0 Å². The third-order valence-electron chi connectivity index (χ3n) is 6.33. The Hall–Kier alpha value is -2.61. The number of amides is 4. The summed E-state index contributed by atoms with van der Waals surface area (Å²) < 4.78 is 0. The first-order valence-electron chi connectivity index (χ1n) is 13.6. The molecule has 224 valence electrons. The maximum Gasteiger partial charge on any atom is 0.475 e. The van der Waals surface area contributed by atoms with Crippen molar-refractivity contribution in [3.63, 3.8) is 0 Å². The molecule has 0 aliphatic rings. The summed E-state index contributed by atoms with van der Waals surface area (Å²) in [5.74, 6) is -2.61. The molecule has 40 heavy (non-hydrogen) atoms. The Morgan fingerprint density at radius 3 is 1.95 bits per heavy atom. The lowest BCUT2D eigenvalue weighted by molar-refractivity contribution is -0.133. The molecule has 4 amide bonds. The topological polar surface area (TPSA) is 183 Å². The van der Waals surface area contributed by atoms with Crippen molar-refractivity contribution >= 4 is 42.5 Å². The van der Waals surface area contributed by atoms with Gasteiger partial charge in [0.05, 0.1) is 12.0 Å². The van der Waals surface area contributed by atoms with Gasteiger partial charge in [0.2, 0.25) is 23.6 Å². The van der Waals surface area contributed by atoms with E-state index in [1.54, 1.807) is 25.6 Å². The number of carbonyl (C=O) groups excluding carboxylic acids is 4. The predicted octanol–water partition coefficient (Wildman–Crippen LogP) is -0.0173. The fourth-order valence-electron chi connectivity index (χ4n) is 3.94. The zero-order valence-electron chi connectivity index (χ0n) is 24.3. The fourth-order valence-corrected chi connectivity index (χ4v) is 4.43. The lowest BCUT2D eigenvalue weighted by atomic mass is 9.73. The number of nitrogens with one attached hydrogen (secondary N) is 4. The van der Waals surface area contributed by atoms with Gasteiger partial charge in [-0.3, -0.25) is 19.2 Å². The highest BCUT2D eigenvalue weighted by Gasteiger charge is 2.33. The number of nitrogens with two attached hydrogens (primary N) is 1. The van der Waals surface area contributed by atoms with Gasteiger partial charge < -0.3 is 37.0 Å². The van der Waals surface area contributed by atoms with Crippen LogP contribution in [0.2, 0.25) is 0 Å². The molecule has 8 N–H and O–H groups in total. The second-order valence-corrected chi connectivity index (χ2v) is 11.7. The Balaban J connectivity index is 2.98. The SMILES string of the molecule is CSCC[C@H](N)C(=O)N[C@@H](Cc1ccccc1)C(=O)N[C@@H](C)C(=O)N[C@@H](CC(C)C)C(=O)N[C@H](B(O)O)C(C)C. The first kappa shape index (κ1) is 35.4. The zero-order valence-corrected chi connectivity index (χ0v) is 25.2. The molecule has 1 aromatic rings. The molecule has 1 rings (SSSR count). The average molecular weight is 580 g/mol. The Morgan fingerprint density at radius 2 is 1.43 bits per heavy atom. The summed E-state index contributed by atoms with van der Waals surface area (Å²) in [6.45, 7) is 8.73. The van der Waals surface area contributed by atoms with Gasteiger partial charge in [-0.1, -0.05) is 58.0 Å². The number of carbonyl (C=O) groups is 4. The molecule has 0 aliphatic carbocycles. The van der Waals surface area contributed by atoms with Crippen LogP contribution < -0.4 is 27.0 Å². The summed E-state index contributed by atoms with van der Waals surface area (Å²) in [7, 11) is -1.76. The normalized spacial score (nSPS) is 15.0. The van der Waals surface area contributed by atoms with Gasteiger partial charge in [-0.2, -0.15) is 11.8 Å². The largest absolute Gasteiger partial charge is 0.475 e. The van der Waals surface area contributed by atoms with E-state index in [1.807, 2.05) is 50.4 Å². The highest BCUT2D eigenvalue weighted by atomic mass is 32.2. The minimum atomic E-state index is -1.76. The minimum absolute atomic E-state index is 0.0401. The van der Waals surface area contributed by atoms with Crippen LogP contribution >= 0.6 is 11.8 Å². The number of thioether (sulfide) groups is 1. The molecule has 0 aliphatic heterocycles. The molecule has 0 heterocycles. The molecule has 0 unspecified atom stereocenters. The number of hydrogen-bond donors (Lipinski definition) is 7. The maximum absolute atomic E-state index is 13.2. The van der Waals surface area contributed by atoms with Crippen molar-refractivity contribution in [3.05, 3.63) is 35.9 Å². The summed E-state index contributed by atoms with van der Waals surface area (Å²) in [5, 5.41) is 29.9. The predicted molar refractivity (Wildman–Crippen MR) is 159 cm³/mol. The van der Waals surface area contributed by atoms with Crippen LogP contribution in [0.1, 0.15) is 53.0 Å². The van der Waals surface area contributed by atoms with Gasteiger partial charge in [-0.05, 0) is 49.2 Å². The molecule has 0 saturated heterocycles. The van der Waals surface area contributed by atoms with Crippen LogP contribution in [0.5, 0.6) is 0 Å². The van der Waals surface area contributed by atoms with Crippen LogP contribution in [0, 0.1) is 11.8 Å². The van der Waals surface area contributed by atoms with E-state index in [9.17, 15) is 29.2 Å².